The number of halogens is 2. The molecule has 0 saturated carbocycles. The summed E-state index contributed by atoms with van der Waals surface area (Å²) in [6.07, 6.45) is 0.123. The number of alkyl halides is 2. The van der Waals surface area contributed by atoms with Crippen LogP contribution < -0.4 is 0 Å². The summed E-state index contributed by atoms with van der Waals surface area (Å²) in [6.45, 7) is 0. The Bertz CT molecular complexity index is 190. The van der Waals surface area contributed by atoms with Crippen molar-refractivity contribution in [2.75, 3.05) is 0 Å². The fourth-order valence-corrected chi connectivity index (χ4v) is 0.985. The van der Waals surface area contributed by atoms with E-state index in [9.17, 15) is 8.78 Å². The third-order valence-corrected chi connectivity index (χ3v) is 1.67. The van der Waals surface area contributed by atoms with Gasteiger partial charge in [-0.05, 0) is 18.8 Å². The first-order chi connectivity index (χ1) is 5.10. The summed E-state index contributed by atoms with van der Waals surface area (Å²) >= 11 is 0. The minimum absolute atomic E-state index is 0.154. The highest BCUT2D eigenvalue weighted by Crippen LogP contribution is 2.22. The number of hydrogen-bond donors (Lipinski definition) is 1. The smallest absolute Gasteiger partial charge is 0.308 e. The third kappa shape index (κ3) is 2.85. The lowest BCUT2D eigenvalue weighted by Gasteiger charge is -2.14. The average molecular weight is 160 g/mol. The van der Waals surface area contributed by atoms with E-state index in [0.717, 1.165) is 0 Å². The largest absolute Gasteiger partial charge is 0.393 e. The molecule has 1 aliphatic carbocycles. The molecule has 0 unspecified atom stereocenters. The van der Waals surface area contributed by atoms with Crippen molar-refractivity contribution in [2.24, 2.45) is 0 Å². The van der Waals surface area contributed by atoms with Crippen LogP contribution in [0.1, 0.15) is 25.7 Å². The van der Waals surface area contributed by atoms with Gasteiger partial charge in [-0.1, -0.05) is 5.92 Å². The number of aliphatic hydroxyl groups is 1. The Morgan fingerprint density at radius 3 is 2.82 bits per heavy atom. The van der Waals surface area contributed by atoms with Crippen LogP contribution in [0.15, 0.2) is 0 Å². The zero-order valence-corrected chi connectivity index (χ0v) is 6.11. The summed E-state index contributed by atoms with van der Waals surface area (Å²) in [5.41, 5.74) is 0. The van der Waals surface area contributed by atoms with Crippen LogP contribution in [0.4, 0.5) is 8.78 Å². The lowest BCUT2D eigenvalue weighted by Crippen LogP contribution is -2.19. The molecule has 0 aromatic heterocycles. The molecule has 1 atom stereocenters. The molecule has 1 nitrogen and oxygen atoms in total. The molecule has 0 heterocycles. The van der Waals surface area contributed by atoms with Crippen molar-refractivity contribution in [3.63, 3.8) is 0 Å². The molecular weight excluding hydrogens is 150 g/mol. The second kappa shape index (κ2) is 3.19. The molecule has 0 aliphatic heterocycles. The highest BCUT2D eigenvalue weighted by Gasteiger charge is 2.27. The molecular formula is C8H10F2O. The Morgan fingerprint density at radius 2 is 2.09 bits per heavy atom. The Labute approximate surface area is 64.4 Å². The van der Waals surface area contributed by atoms with E-state index in [-0.39, 0.29) is 12.8 Å². The van der Waals surface area contributed by atoms with Crippen LogP contribution in [0, 0.1) is 11.8 Å². The molecule has 0 aromatic rings. The van der Waals surface area contributed by atoms with E-state index in [4.69, 9.17) is 5.11 Å². The van der Waals surface area contributed by atoms with Crippen molar-refractivity contribution in [3.8, 4) is 11.8 Å². The van der Waals surface area contributed by atoms with E-state index in [2.05, 4.69) is 5.92 Å². The van der Waals surface area contributed by atoms with Gasteiger partial charge in [0.05, 0.1) is 6.10 Å². The van der Waals surface area contributed by atoms with Gasteiger partial charge in [0.25, 0.3) is 0 Å². The zero-order valence-electron chi connectivity index (χ0n) is 6.11. The first-order valence-electron chi connectivity index (χ1n) is 3.66. The molecule has 1 rings (SSSR count). The molecule has 1 N–H and O–H groups in total. The standard InChI is InChI=1S/C8H10F2O/c9-8(10)5-2-1-3-7(11)4-6-8/h7,11H,1,3-4,6H2/t7-/m1/s1. The van der Waals surface area contributed by atoms with Gasteiger partial charge in [0.2, 0.25) is 0 Å². The molecule has 11 heavy (non-hydrogen) atoms. The summed E-state index contributed by atoms with van der Waals surface area (Å²) in [6, 6.07) is 0. The number of hydrogen-bond acceptors (Lipinski definition) is 1. The Balaban J connectivity index is 2.59. The van der Waals surface area contributed by atoms with Gasteiger partial charge in [-0.25, -0.2) is 0 Å². The van der Waals surface area contributed by atoms with Gasteiger partial charge in [-0.3, -0.25) is 0 Å². The van der Waals surface area contributed by atoms with E-state index < -0.39 is 12.0 Å². The summed E-state index contributed by atoms with van der Waals surface area (Å²) in [5, 5.41) is 9.05. The monoisotopic (exact) mass is 160 g/mol. The summed E-state index contributed by atoms with van der Waals surface area (Å²) < 4.78 is 25.1. The number of rotatable bonds is 0. The predicted octanol–water partition coefficient (Wildman–Crippen LogP) is 1.56. The quantitative estimate of drug-likeness (QED) is 0.533. The van der Waals surface area contributed by atoms with Crippen LogP contribution in [-0.2, 0) is 0 Å². The van der Waals surface area contributed by atoms with Gasteiger partial charge in [-0.2, -0.15) is 8.78 Å². The highest BCUT2D eigenvalue weighted by molar-refractivity contribution is 5.10. The summed E-state index contributed by atoms with van der Waals surface area (Å²) in [7, 11) is 0. The van der Waals surface area contributed by atoms with E-state index in [0.29, 0.717) is 12.8 Å². The van der Waals surface area contributed by atoms with Gasteiger partial charge in [0.1, 0.15) is 0 Å². The second-order valence-electron chi connectivity index (χ2n) is 2.74. The predicted molar refractivity (Wildman–Crippen MR) is 37.2 cm³/mol. The lowest BCUT2D eigenvalue weighted by atomic mass is 10.0. The molecule has 0 bridgehead atoms. The maximum Gasteiger partial charge on any atom is 0.308 e. The second-order valence-corrected chi connectivity index (χ2v) is 2.74. The molecule has 0 spiro atoms. The average Bonchev–Trinajstić information content (AvgIpc) is 1.92. The van der Waals surface area contributed by atoms with Crippen LogP contribution in [0.25, 0.3) is 0 Å². The normalized spacial score (nSPS) is 29.5. The molecule has 0 saturated heterocycles. The summed E-state index contributed by atoms with van der Waals surface area (Å²) in [5.74, 6) is 1.35. The first kappa shape index (κ1) is 8.48. The van der Waals surface area contributed by atoms with Gasteiger partial charge in [-0.15, -0.1) is 0 Å². The number of aliphatic hydroxyl groups excluding tert-OH is 1. The van der Waals surface area contributed by atoms with Crippen molar-refractivity contribution in [3.05, 3.63) is 0 Å². The highest BCUT2D eigenvalue weighted by atomic mass is 19.3. The first-order valence-corrected chi connectivity index (χ1v) is 3.66. The van der Waals surface area contributed by atoms with Gasteiger partial charge in [0, 0.05) is 12.8 Å². The molecule has 0 radical (unpaired) electrons. The molecule has 0 amide bonds. The molecule has 62 valence electrons. The maximum atomic E-state index is 12.5. The Kier molecular flexibility index (Phi) is 2.45. The fourth-order valence-electron chi connectivity index (χ4n) is 0.985. The SMILES string of the molecule is O[C@@H]1CCC#CC(F)(F)CC1. The van der Waals surface area contributed by atoms with Crippen molar-refractivity contribution in [2.45, 2.75) is 37.7 Å². The van der Waals surface area contributed by atoms with Crippen molar-refractivity contribution < 1.29 is 13.9 Å². The fraction of sp³-hybridized carbons (Fsp3) is 0.750. The van der Waals surface area contributed by atoms with Gasteiger partial charge < -0.3 is 5.11 Å². The van der Waals surface area contributed by atoms with Crippen molar-refractivity contribution in [1.82, 2.24) is 0 Å². The van der Waals surface area contributed by atoms with Crippen molar-refractivity contribution in [1.29, 1.82) is 0 Å². The molecule has 3 heteroatoms. The Morgan fingerprint density at radius 1 is 1.36 bits per heavy atom. The maximum absolute atomic E-state index is 12.5. The van der Waals surface area contributed by atoms with Crippen LogP contribution >= 0.6 is 0 Å². The third-order valence-electron chi connectivity index (χ3n) is 1.67. The van der Waals surface area contributed by atoms with Crippen LogP contribution in [0.3, 0.4) is 0 Å². The zero-order chi connectivity index (χ0) is 8.32. The van der Waals surface area contributed by atoms with E-state index in [1.807, 2.05) is 5.92 Å². The Hall–Kier alpha value is -0.620. The van der Waals surface area contributed by atoms with Crippen molar-refractivity contribution >= 4 is 0 Å². The van der Waals surface area contributed by atoms with Crippen LogP contribution in [-0.4, -0.2) is 17.1 Å². The van der Waals surface area contributed by atoms with Crippen LogP contribution in [0.5, 0.6) is 0 Å². The van der Waals surface area contributed by atoms with Gasteiger partial charge in [0.15, 0.2) is 0 Å². The molecule has 0 fully saturated rings. The van der Waals surface area contributed by atoms with Gasteiger partial charge >= 0.3 is 5.92 Å². The van der Waals surface area contributed by atoms with E-state index in [1.165, 1.54) is 0 Å². The van der Waals surface area contributed by atoms with E-state index >= 15 is 0 Å². The molecule has 0 aromatic carbocycles. The minimum atomic E-state index is -2.89. The molecule has 1 aliphatic rings. The lowest BCUT2D eigenvalue weighted by molar-refractivity contribution is 0.0326. The topological polar surface area (TPSA) is 20.2 Å². The van der Waals surface area contributed by atoms with E-state index in [1.54, 1.807) is 0 Å². The summed E-state index contributed by atoms with van der Waals surface area (Å²) in [4.78, 5) is 0. The minimum Gasteiger partial charge on any atom is -0.393 e. The van der Waals surface area contributed by atoms with Crippen LogP contribution in [0.2, 0.25) is 0 Å².